The number of carbonyl (C=O) groups excluding carboxylic acids is 1. The number of hydrogen-bond acceptors (Lipinski definition) is 11. The number of alkyl halides is 3. The molecule has 1 amide bonds. The van der Waals surface area contributed by atoms with Crippen molar-refractivity contribution >= 4 is 57.8 Å². The minimum Gasteiger partial charge on any atom is -0.481 e. The van der Waals surface area contributed by atoms with Gasteiger partial charge in [-0.25, -0.2) is 24.9 Å². The molecule has 4 aromatic rings. The summed E-state index contributed by atoms with van der Waals surface area (Å²) in [5.41, 5.74) is -0.644. The van der Waals surface area contributed by atoms with Crippen LogP contribution in [0, 0.1) is 0 Å². The second-order valence-corrected chi connectivity index (χ2v) is 9.87. The van der Waals surface area contributed by atoms with E-state index in [1.165, 1.54) is 25.8 Å². The van der Waals surface area contributed by atoms with Crippen LogP contribution in [0.15, 0.2) is 43.1 Å². The second-order valence-electron chi connectivity index (χ2n) is 7.99. The summed E-state index contributed by atoms with van der Waals surface area (Å²) in [6.07, 6.45) is -1.29. The van der Waals surface area contributed by atoms with E-state index in [4.69, 9.17) is 27.9 Å². The highest BCUT2D eigenvalue weighted by molar-refractivity contribution is 7.11. The van der Waals surface area contributed by atoms with Gasteiger partial charge in [0.05, 0.1) is 40.5 Å². The Balaban J connectivity index is 1.42. The third-order valence-corrected chi connectivity index (χ3v) is 7.08. The predicted octanol–water partition coefficient (Wildman–Crippen LogP) is 5.39. The highest BCUT2D eigenvalue weighted by Crippen LogP contribution is 2.36. The lowest BCUT2D eigenvalue weighted by Crippen LogP contribution is -2.28. The van der Waals surface area contributed by atoms with Gasteiger partial charge in [0, 0.05) is 18.5 Å². The minimum atomic E-state index is -4.69. The molecule has 4 aromatic heterocycles. The average molecular weight is 615 g/mol. The van der Waals surface area contributed by atoms with E-state index < -0.39 is 34.9 Å². The van der Waals surface area contributed by atoms with Gasteiger partial charge in [-0.1, -0.05) is 23.2 Å². The van der Waals surface area contributed by atoms with Gasteiger partial charge in [-0.15, -0.1) is 11.3 Å². The molecule has 0 saturated heterocycles. The molecule has 0 aliphatic heterocycles. The zero-order chi connectivity index (χ0) is 29.0. The van der Waals surface area contributed by atoms with Crippen molar-refractivity contribution in [3.05, 3.63) is 74.3 Å². The lowest BCUT2D eigenvalue weighted by molar-refractivity contribution is -0.137. The van der Waals surface area contributed by atoms with Crippen LogP contribution in [0.3, 0.4) is 0 Å². The molecule has 40 heavy (non-hydrogen) atoms. The topological polar surface area (TPSA) is 147 Å². The number of hydrogen-bond donors (Lipinski definition) is 4. The molecular weight excluding hydrogens is 596 g/mol. The molecule has 2 atom stereocenters. The number of nitrogens with zero attached hydrogens (tertiary/aromatic N) is 5. The van der Waals surface area contributed by atoms with Crippen molar-refractivity contribution in [2.45, 2.75) is 25.4 Å². The zero-order valence-corrected chi connectivity index (χ0v) is 22.8. The Morgan fingerprint density at radius 1 is 1.10 bits per heavy atom. The molecule has 0 aliphatic carbocycles. The van der Waals surface area contributed by atoms with E-state index in [2.05, 4.69) is 40.9 Å². The molecule has 0 radical (unpaired) electrons. The van der Waals surface area contributed by atoms with Gasteiger partial charge in [0.2, 0.25) is 5.88 Å². The fourth-order valence-electron chi connectivity index (χ4n) is 3.23. The fourth-order valence-corrected chi connectivity index (χ4v) is 4.53. The predicted molar refractivity (Wildman–Crippen MR) is 142 cm³/mol. The molecule has 210 valence electrons. The number of anilines is 3. The lowest BCUT2D eigenvalue weighted by Gasteiger charge is -2.15. The number of aromatic nitrogens is 5. The number of pyridine rings is 2. The third kappa shape index (κ3) is 6.85. The monoisotopic (exact) mass is 614 g/mol. The summed E-state index contributed by atoms with van der Waals surface area (Å²) in [5, 5.41) is 18.4. The number of aliphatic hydroxyl groups excluding tert-OH is 1. The number of thiazole rings is 1. The quantitative estimate of drug-likeness (QED) is 0.181. The number of halogens is 5. The van der Waals surface area contributed by atoms with Gasteiger partial charge in [0.25, 0.3) is 5.91 Å². The summed E-state index contributed by atoms with van der Waals surface area (Å²) in [7, 11) is 1.49. The van der Waals surface area contributed by atoms with Crippen LogP contribution in [0.4, 0.5) is 30.5 Å². The fraction of sp³-hybridized carbons (Fsp3) is 0.217. The van der Waals surface area contributed by atoms with Gasteiger partial charge >= 0.3 is 6.18 Å². The maximum absolute atomic E-state index is 13.1. The summed E-state index contributed by atoms with van der Waals surface area (Å²) in [6, 6.07) is 3.37. The highest BCUT2D eigenvalue weighted by Gasteiger charge is 2.34. The van der Waals surface area contributed by atoms with Crippen molar-refractivity contribution in [3.63, 3.8) is 0 Å². The van der Waals surface area contributed by atoms with Crippen LogP contribution in [0.5, 0.6) is 5.88 Å². The van der Waals surface area contributed by atoms with E-state index in [1.807, 2.05) is 0 Å². The van der Waals surface area contributed by atoms with E-state index >= 15 is 0 Å². The number of aliphatic hydroxyl groups is 1. The lowest BCUT2D eigenvalue weighted by atomic mass is 10.2. The van der Waals surface area contributed by atoms with Crippen molar-refractivity contribution in [1.29, 1.82) is 0 Å². The molecular formula is C23H19Cl2F3N8O3S. The Bertz CT molecular complexity index is 1510. The Kier molecular flexibility index (Phi) is 8.88. The van der Waals surface area contributed by atoms with Crippen LogP contribution < -0.4 is 20.7 Å². The number of ether oxygens (including phenoxy) is 1. The Morgan fingerprint density at radius 2 is 1.88 bits per heavy atom. The maximum atomic E-state index is 13.1. The van der Waals surface area contributed by atoms with Gasteiger partial charge in [-0.2, -0.15) is 13.2 Å². The van der Waals surface area contributed by atoms with Gasteiger partial charge in [0.1, 0.15) is 22.2 Å². The van der Waals surface area contributed by atoms with Crippen LogP contribution >= 0.6 is 34.5 Å². The Labute approximate surface area is 238 Å². The first kappa shape index (κ1) is 29.2. The van der Waals surface area contributed by atoms with Crippen LogP contribution in [-0.2, 0) is 6.18 Å². The molecule has 4 rings (SSSR count). The van der Waals surface area contributed by atoms with Crippen LogP contribution in [0.1, 0.15) is 45.1 Å². The van der Waals surface area contributed by atoms with E-state index in [-0.39, 0.29) is 27.2 Å². The summed E-state index contributed by atoms with van der Waals surface area (Å²) in [4.78, 5) is 33.3. The molecule has 0 spiro atoms. The number of carbonyl (C=O) groups is 1. The number of rotatable bonds is 9. The van der Waals surface area contributed by atoms with E-state index in [0.29, 0.717) is 22.6 Å². The minimum absolute atomic E-state index is 0.0313. The molecule has 0 bridgehead atoms. The average Bonchev–Trinajstić information content (AvgIpc) is 3.41. The number of amides is 1. The van der Waals surface area contributed by atoms with Gasteiger partial charge < -0.3 is 25.8 Å². The summed E-state index contributed by atoms with van der Waals surface area (Å²) in [5.74, 6) is -0.263. The smallest absolute Gasteiger partial charge is 0.418 e. The second kappa shape index (κ2) is 12.2. The molecule has 0 saturated carbocycles. The molecule has 0 fully saturated rings. The highest BCUT2D eigenvalue weighted by atomic mass is 35.5. The zero-order valence-electron chi connectivity index (χ0n) is 20.5. The van der Waals surface area contributed by atoms with Crippen LogP contribution in [0.25, 0.3) is 0 Å². The van der Waals surface area contributed by atoms with Crippen molar-refractivity contribution in [1.82, 2.24) is 30.2 Å². The summed E-state index contributed by atoms with van der Waals surface area (Å²) >= 11 is 13.0. The largest absolute Gasteiger partial charge is 0.481 e. The normalized spacial score (nSPS) is 12.9. The standard InChI is InChI=1S/C23H19Cl2F3N8O3S/c1-10(22-31-8-14(40-22)20(37)36-15-5-12(23(26,27)28)13(24)7-29-15)34-21(38)18-17(25)19(33-9-32-18)35-11-3-4-16(39-2)30-6-11/h3-10,20,37H,1-2H3,(H,29,36)(H,34,38)(H,32,33,35). The van der Waals surface area contributed by atoms with E-state index in [0.717, 1.165) is 17.5 Å². The van der Waals surface area contributed by atoms with Crippen molar-refractivity contribution in [2.75, 3.05) is 17.7 Å². The van der Waals surface area contributed by atoms with E-state index in [1.54, 1.807) is 19.1 Å². The number of methoxy groups -OCH3 is 1. The van der Waals surface area contributed by atoms with E-state index in [9.17, 15) is 23.1 Å². The molecule has 0 aliphatic rings. The first-order valence-corrected chi connectivity index (χ1v) is 12.7. The van der Waals surface area contributed by atoms with Gasteiger partial charge in [0.15, 0.2) is 17.7 Å². The van der Waals surface area contributed by atoms with Crippen molar-refractivity contribution in [2.24, 2.45) is 0 Å². The Hall–Kier alpha value is -3.79. The molecule has 4 N–H and O–H groups in total. The summed E-state index contributed by atoms with van der Waals surface area (Å²) < 4.78 is 44.3. The molecule has 4 heterocycles. The first-order valence-electron chi connectivity index (χ1n) is 11.2. The van der Waals surface area contributed by atoms with Crippen LogP contribution in [0.2, 0.25) is 10.0 Å². The van der Waals surface area contributed by atoms with Crippen molar-refractivity contribution in [3.8, 4) is 5.88 Å². The van der Waals surface area contributed by atoms with Crippen LogP contribution in [-0.4, -0.2) is 43.0 Å². The summed E-state index contributed by atoms with van der Waals surface area (Å²) in [6.45, 7) is 1.65. The SMILES string of the molecule is COc1ccc(Nc2ncnc(C(=O)NC(C)c3ncc(C(O)Nc4cc(C(F)(F)F)c(Cl)cn4)s3)c2Cl)cn1. The third-order valence-electron chi connectivity index (χ3n) is 5.19. The maximum Gasteiger partial charge on any atom is 0.418 e. The molecule has 0 aromatic carbocycles. The first-order chi connectivity index (χ1) is 19.0. The molecule has 2 unspecified atom stereocenters. The van der Waals surface area contributed by atoms with Gasteiger partial charge in [-0.3, -0.25) is 4.79 Å². The Morgan fingerprint density at radius 3 is 2.55 bits per heavy atom. The molecule has 11 nitrogen and oxygen atoms in total. The number of nitrogens with one attached hydrogen (secondary N) is 3. The van der Waals surface area contributed by atoms with Crippen molar-refractivity contribution < 1.29 is 27.8 Å². The van der Waals surface area contributed by atoms with Gasteiger partial charge in [-0.05, 0) is 19.1 Å². The molecule has 17 heteroatoms.